The van der Waals surface area contributed by atoms with E-state index < -0.39 is 0 Å². The summed E-state index contributed by atoms with van der Waals surface area (Å²) in [5.41, 5.74) is 2.25. The predicted molar refractivity (Wildman–Crippen MR) is 50.8 cm³/mol. The molecule has 4 nitrogen and oxygen atoms in total. The van der Waals surface area contributed by atoms with E-state index in [1.165, 1.54) is 0 Å². The second-order valence-corrected chi connectivity index (χ2v) is 2.92. The van der Waals surface area contributed by atoms with Gasteiger partial charge in [-0.2, -0.15) is 5.26 Å². The van der Waals surface area contributed by atoms with Gasteiger partial charge in [-0.15, -0.1) is 0 Å². The SMILES string of the molecule is Cc1cc(-n2ccnc2)c(C#N)cn1. The molecule has 14 heavy (non-hydrogen) atoms. The summed E-state index contributed by atoms with van der Waals surface area (Å²) in [6.45, 7) is 1.89. The van der Waals surface area contributed by atoms with Crippen molar-refractivity contribution in [1.29, 1.82) is 5.26 Å². The third kappa shape index (κ3) is 1.36. The van der Waals surface area contributed by atoms with Crippen LogP contribution in [-0.2, 0) is 0 Å². The summed E-state index contributed by atoms with van der Waals surface area (Å²) >= 11 is 0. The zero-order valence-corrected chi connectivity index (χ0v) is 7.68. The minimum Gasteiger partial charge on any atom is -0.305 e. The van der Waals surface area contributed by atoms with Gasteiger partial charge >= 0.3 is 0 Å². The quantitative estimate of drug-likeness (QED) is 0.674. The van der Waals surface area contributed by atoms with E-state index in [1.807, 2.05) is 13.0 Å². The largest absolute Gasteiger partial charge is 0.305 e. The Bertz CT molecular complexity index is 479. The molecule has 2 aromatic rings. The van der Waals surface area contributed by atoms with E-state index in [1.54, 1.807) is 29.5 Å². The van der Waals surface area contributed by atoms with E-state index >= 15 is 0 Å². The average molecular weight is 184 g/mol. The van der Waals surface area contributed by atoms with Gasteiger partial charge in [-0.3, -0.25) is 4.98 Å². The fraction of sp³-hybridized carbons (Fsp3) is 0.100. The zero-order valence-electron chi connectivity index (χ0n) is 7.68. The van der Waals surface area contributed by atoms with Crippen molar-refractivity contribution >= 4 is 0 Å². The first-order valence-electron chi connectivity index (χ1n) is 4.16. The molecule has 0 aromatic carbocycles. The van der Waals surface area contributed by atoms with Crippen LogP contribution >= 0.6 is 0 Å². The van der Waals surface area contributed by atoms with E-state index in [4.69, 9.17) is 5.26 Å². The van der Waals surface area contributed by atoms with E-state index in [-0.39, 0.29) is 0 Å². The van der Waals surface area contributed by atoms with Crippen LogP contribution < -0.4 is 0 Å². The summed E-state index contributed by atoms with van der Waals surface area (Å²) in [4.78, 5) is 8.00. The standard InChI is InChI=1S/C10H8N4/c1-8-4-10(9(5-11)6-13-8)14-3-2-12-7-14/h2-4,6-7H,1H3. The molecule has 0 N–H and O–H groups in total. The summed E-state index contributed by atoms with van der Waals surface area (Å²) < 4.78 is 1.80. The molecule has 2 heterocycles. The van der Waals surface area contributed by atoms with E-state index in [9.17, 15) is 0 Å². The lowest BCUT2D eigenvalue weighted by Gasteiger charge is -2.04. The molecule has 0 atom stereocenters. The molecule has 68 valence electrons. The summed E-state index contributed by atoms with van der Waals surface area (Å²) in [5.74, 6) is 0. The number of aryl methyl sites for hydroxylation is 1. The van der Waals surface area contributed by atoms with Crippen LogP contribution in [0.25, 0.3) is 5.69 Å². The van der Waals surface area contributed by atoms with Crippen LogP contribution in [0.15, 0.2) is 31.0 Å². The topological polar surface area (TPSA) is 54.5 Å². The minimum absolute atomic E-state index is 0.550. The Kier molecular flexibility index (Phi) is 1.99. The smallest absolute Gasteiger partial charge is 0.103 e. The van der Waals surface area contributed by atoms with Crippen LogP contribution in [0.2, 0.25) is 0 Å². The molecule has 2 aromatic heterocycles. The molecule has 0 unspecified atom stereocenters. The molecule has 0 spiro atoms. The molecule has 0 bridgehead atoms. The zero-order chi connectivity index (χ0) is 9.97. The normalized spacial score (nSPS) is 9.71. The molecule has 0 saturated carbocycles. The molecule has 0 aliphatic rings. The molecular formula is C10H8N4. The monoisotopic (exact) mass is 184 g/mol. The van der Waals surface area contributed by atoms with Gasteiger partial charge in [-0.1, -0.05) is 0 Å². The van der Waals surface area contributed by atoms with Gasteiger partial charge in [0.05, 0.1) is 17.6 Å². The van der Waals surface area contributed by atoms with Crippen molar-refractivity contribution in [1.82, 2.24) is 14.5 Å². The molecule has 0 radical (unpaired) electrons. The van der Waals surface area contributed by atoms with E-state index in [2.05, 4.69) is 16.0 Å². The molecule has 0 fully saturated rings. The Hall–Kier alpha value is -2.15. The van der Waals surface area contributed by atoms with E-state index in [0.717, 1.165) is 11.4 Å². The first-order chi connectivity index (χ1) is 6.81. The van der Waals surface area contributed by atoms with Gasteiger partial charge in [0.15, 0.2) is 0 Å². The van der Waals surface area contributed by atoms with Gasteiger partial charge in [0.25, 0.3) is 0 Å². The summed E-state index contributed by atoms with van der Waals surface area (Å²) in [6.07, 6.45) is 6.72. The fourth-order valence-corrected chi connectivity index (χ4v) is 1.25. The van der Waals surface area contributed by atoms with Crippen molar-refractivity contribution in [3.05, 3.63) is 42.2 Å². The van der Waals surface area contributed by atoms with Crippen molar-refractivity contribution in [2.45, 2.75) is 6.92 Å². The van der Waals surface area contributed by atoms with Gasteiger partial charge in [0, 0.05) is 24.3 Å². The molecule has 4 heteroatoms. The summed E-state index contributed by atoms with van der Waals surface area (Å²) in [5, 5.41) is 8.88. The minimum atomic E-state index is 0.550. The van der Waals surface area contributed by atoms with Crippen LogP contribution in [0.3, 0.4) is 0 Å². The maximum atomic E-state index is 8.88. The number of aromatic nitrogens is 3. The highest BCUT2D eigenvalue weighted by Crippen LogP contribution is 2.13. The number of nitrogens with zero attached hydrogens (tertiary/aromatic N) is 4. The highest BCUT2D eigenvalue weighted by atomic mass is 15.0. The lowest BCUT2D eigenvalue weighted by atomic mass is 10.2. The number of rotatable bonds is 1. The van der Waals surface area contributed by atoms with Crippen molar-refractivity contribution in [3.63, 3.8) is 0 Å². The summed E-state index contributed by atoms with van der Waals surface area (Å²) in [6, 6.07) is 3.96. The molecule has 0 aliphatic heterocycles. The van der Waals surface area contributed by atoms with Crippen LogP contribution in [0.1, 0.15) is 11.3 Å². The fourth-order valence-electron chi connectivity index (χ4n) is 1.25. The lowest BCUT2D eigenvalue weighted by Crippen LogP contribution is -1.96. The van der Waals surface area contributed by atoms with Crippen LogP contribution in [0.4, 0.5) is 0 Å². The predicted octanol–water partition coefficient (Wildman–Crippen LogP) is 1.45. The van der Waals surface area contributed by atoms with Gasteiger partial charge < -0.3 is 4.57 Å². The first-order valence-corrected chi connectivity index (χ1v) is 4.16. The maximum Gasteiger partial charge on any atom is 0.103 e. The van der Waals surface area contributed by atoms with Crippen molar-refractivity contribution in [3.8, 4) is 11.8 Å². The number of hydrogen-bond acceptors (Lipinski definition) is 3. The van der Waals surface area contributed by atoms with Crippen molar-refractivity contribution < 1.29 is 0 Å². The Morgan fingerprint density at radius 1 is 1.50 bits per heavy atom. The van der Waals surface area contributed by atoms with Crippen LogP contribution in [0.5, 0.6) is 0 Å². The molecule has 0 saturated heterocycles. The average Bonchev–Trinajstić information content (AvgIpc) is 2.70. The summed E-state index contributed by atoms with van der Waals surface area (Å²) in [7, 11) is 0. The van der Waals surface area contributed by atoms with Gasteiger partial charge in [0.1, 0.15) is 6.07 Å². The first kappa shape index (κ1) is 8.45. The number of hydrogen-bond donors (Lipinski definition) is 0. The third-order valence-electron chi connectivity index (χ3n) is 1.92. The van der Waals surface area contributed by atoms with Crippen LogP contribution in [-0.4, -0.2) is 14.5 Å². The third-order valence-corrected chi connectivity index (χ3v) is 1.92. The highest BCUT2D eigenvalue weighted by Gasteiger charge is 2.04. The maximum absolute atomic E-state index is 8.88. The Labute approximate surface area is 81.5 Å². The highest BCUT2D eigenvalue weighted by molar-refractivity contribution is 5.47. The number of pyridine rings is 1. The number of imidazole rings is 1. The van der Waals surface area contributed by atoms with Gasteiger partial charge in [-0.25, -0.2) is 4.98 Å². The van der Waals surface area contributed by atoms with E-state index in [0.29, 0.717) is 5.56 Å². The van der Waals surface area contributed by atoms with Crippen LogP contribution in [0, 0.1) is 18.3 Å². The molecule has 2 rings (SSSR count). The second-order valence-electron chi connectivity index (χ2n) is 2.92. The number of nitriles is 1. The van der Waals surface area contributed by atoms with Crippen molar-refractivity contribution in [2.24, 2.45) is 0 Å². The molecule has 0 amide bonds. The second kappa shape index (κ2) is 3.30. The molecular weight excluding hydrogens is 176 g/mol. The Morgan fingerprint density at radius 2 is 2.36 bits per heavy atom. The Balaban J connectivity index is 2.63. The van der Waals surface area contributed by atoms with Gasteiger partial charge in [0.2, 0.25) is 0 Å². The van der Waals surface area contributed by atoms with Crippen molar-refractivity contribution in [2.75, 3.05) is 0 Å². The molecule has 0 aliphatic carbocycles. The van der Waals surface area contributed by atoms with Gasteiger partial charge in [-0.05, 0) is 13.0 Å². The Morgan fingerprint density at radius 3 is 3.00 bits per heavy atom. The lowest BCUT2D eigenvalue weighted by molar-refractivity contribution is 1.03.